The number of aromatic nitrogens is 2. The quantitative estimate of drug-likeness (QED) is 0.903. The molecular formula is C14H22BrN3O. The molecule has 0 unspecified atom stereocenters. The molecule has 0 bridgehead atoms. The Bertz CT molecular complexity index is 377. The van der Waals surface area contributed by atoms with E-state index in [9.17, 15) is 0 Å². The van der Waals surface area contributed by atoms with Crippen LogP contribution < -0.4 is 4.90 Å². The molecule has 0 atom stereocenters. The van der Waals surface area contributed by atoms with Crippen LogP contribution in [0.5, 0.6) is 0 Å². The normalized spacial score (nSPS) is 23.3. The Morgan fingerprint density at radius 1 is 1.26 bits per heavy atom. The van der Waals surface area contributed by atoms with Gasteiger partial charge in [-0.1, -0.05) is 0 Å². The lowest BCUT2D eigenvalue weighted by molar-refractivity contribution is 0.245. The third-order valence-electron chi connectivity index (χ3n) is 4.06. The van der Waals surface area contributed by atoms with Gasteiger partial charge in [0.2, 0.25) is 5.95 Å². The van der Waals surface area contributed by atoms with E-state index < -0.39 is 0 Å². The van der Waals surface area contributed by atoms with Gasteiger partial charge in [0, 0.05) is 32.1 Å². The molecule has 19 heavy (non-hydrogen) atoms. The number of halogens is 1. The largest absolute Gasteiger partial charge is 0.396 e. The van der Waals surface area contributed by atoms with Crippen molar-refractivity contribution in [1.82, 2.24) is 9.97 Å². The molecule has 0 saturated heterocycles. The maximum Gasteiger partial charge on any atom is 0.225 e. The van der Waals surface area contributed by atoms with E-state index in [-0.39, 0.29) is 0 Å². The molecule has 1 N–H and O–H groups in total. The molecule has 1 saturated carbocycles. The second-order valence-corrected chi connectivity index (χ2v) is 6.27. The van der Waals surface area contributed by atoms with Crippen molar-refractivity contribution < 1.29 is 5.11 Å². The van der Waals surface area contributed by atoms with E-state index in [4.69, 9.17) is 5.11 Å². The van der Waals surface area contributed by atoms with Crippen LogP contribution in [-0.4, -0.2) is 34.8 Å². The van der Waals surface area contributed by atoms with E-state index >= 15 is 0 Å². The minimum Gasteiger partial charge on any atom is -0.396 e. The van der Waals surface area contributed by atoms with E-state index in [0.29, 0.717) is 12.6 Å². The summed E-state index contributed by atoms with van der Waals surface area (Å²) in [5.41, 5.74) is 0. The first-order chi connectivity index (χ1) is 9.20. The van der Waals surface area contributed by atoms with E-state index in [2.05, 4.69) is 37.8 Å². The van der Waals surface area contributed by atoms with Gasteiger partial charge in [-0.15, -0.1) is 0 Å². The standard InChI is InChI=1S/C14H22BrN3O/c1-18(14-16-9-12(15)10-17-14)13-6-4-11(5-7-13)3-2-8-19/h9-11,13,19H,2-8H2,1H3. The molecule has 1 heterocycles. The molecule has 1 aliphatic carbocycles. The molecule has 106 valence electrons. The summed E-state index contributed by atoms with van der Waals surface area (Å²) in [5.74, 6) is 1.60. The van der Waals surface area contributed by atoms with Crippen molar-refractivity contribution in [2.24, 2.45) is 5.92 Å². The molecule has 1 aliphatic rings. The SMILES string of the molecule is CN(c1ncc(Br)cn1)C1CCC(CCCO)CC1. The van der Waals surface area contributed by atoms with Crippen molar-refractivity contribution in [3.05, 3.63) is 16.9 Å². The van der Waals surface area contributed by atoms with E-state index in [0.717, 1.165) is 22.8 Å². The molecule has 2 rings (SSSR count). The maximum absolute atomic E-state index is 8.88. The lowest BCUT2D eigenvalue weighted by atomic mass is 9.83. The molecule has 0 spiro atoms. The van der Waals surface area contributed by atoms with Crippen LogP contribution >= 0.6 is 15.9 Å². The first kappa shape index (κ1) is 14.7. The van der Waals surface area contributed by atoms with Gasteiger partial charge in [0.05, 0.1) is 4.47 Å². The summed E-state index contributed by atoms with van der Waals surface area (Å²) < 4.78 is 0.914. The summed E-state index contributed by atoms with van der Waals surface area (Å²) in [4.78, 5) is 10.9. The summed E-state index contributed by atoms with van der Waals surface area (Å²) in [6, 6.07) is 0.548. The summed E-state index contributed by atoms with van der Waals surface area (Å²) in [6.45, 7) is 0.326. The van der Waals surface area contributed by atoms with Crippen LogP contribution in [0.15, 0.2) is 16.9 Å². The van der Waals surface area contributed by atoms with Crippen molar-refractivity contribution in [2.45, 2.75) is 44.6 Å². The van der Waals surface area contributed by atoms with Crippen molar-refractivity contribution >= 4 is 21.9 Å². The van der Waals surface area contributed by atoms with Crippen LogP contribution in [0.1, 0.15) is 38.5 Å². The van der Waals surface area contributed by atoms with Gasteiger partial charge in [0.1, 0.15) is 0 Å². The summed E-state index contributed by atoms with van der Waals surface area (Å²) >= 11 is 3.36. The Labute approximate surface area is 123 Å². The zero-order chi connectivity index (χ0) is 13.7. The maximum atomic E-state index is 8.88. The molecule has 0 amide bonds. The zero-order valence-electron chi connectivity index (χ0n) is 11.4. The molecule has 1 fully saturated rings. The van der Waals surface area contributed by atoms with E-state index in [1.165, 1.54) is 32.1 Å². The fourth-order valence-electron chi connectivity index (χ4n) is 2.85. The van der Waals surface area contributed by atoms with Gasteiger partial charge in [-0.05, 0) is 60.4 Å². The van der Waals surface area contributed by atoms with Crippen molar-refractivity contribution in [3.63, 3.8) is 0 Å². The predicted octanol–water partition coefficient (Wildman–Crippen LogP) is 3.01. The second-order valence-electron chi connectivity index (χ2n) is 5.35. The van der Waals surface area contributed by atoms with E-state index in [1.54, 1.807) is 12.4 Å². The Morgan fingerprint density at radius 3 is 2.47 bits per heavy atom. The van der Waals surface area contributed by atoms with Crippen molar-refractivity contribution in [2.75, 3.05) is 18.6 Å². The van der Waals surface area contributed by atoms with Crippen molar-refractivity contribution in [1.29, 1.82) is 0 Å². The minimum atomic E-state index is 0.326. The molecular weight excluding hydrogens is 306 g/mol. The third kappa shape index (κ3) is 4.14. The fourth-order valence-corrected chi connectivity index (χ4v) is 3.06. The first-order valence-electron chi connectivity index (χ1n) is 7.02. The molecule has 1 aromatic heterocycles. The number of hydrogen-bond donors (Lipinski definition) is 1. The number of anilines is 1. The summed E-state index contributed by atoms with van der Waals surface area (Å²) in [5, 5.41) is 8.88. The van der Waals surface area contributed by atoms with Gasteiger partial charge in [0.25, 0.3) is 0 Å². The van der Waals surface area contributed by atoms with Crippen LogP contribution in [0.2, 0.25) is 0 Å². The topological polar surface area (TPSA) is 49.2 Å². The Hall–Kier alpha value is -0.680. The molecule has 5 heteroatoms. The van der Waals surface area contributed by atoms with Crippen LogP contribution in [0, 0.1) is 5.92 Å². The zero-order valence-corrected chi connectivity index (χ0v) is 13.0. The summed E-state index contributed by atoms with van der Waals surface area (Å²) in [7, 11) is 2.09. The highest BCUT2D eigenvalue weighted by atomic mass is 79.9. The van der Waals surface area contributed by atoms with Gasteiger partial charge in [-0.3, -0.25) is 0 Å². The highest BCUT2D eigenvalue weighted by molar-refractivity contribution is 9.10. The predicted molar refractivity (Wildman–Crippen MR) is 80.2 cm³/mol. The average molecular weight is 328 g/mol. The van der Waals surface area contributed by atoms with Gasteiger partial charge < -0.3 is 10.0 Å². The third-order valence-corrected chi connectivity index (χ3v) is 4.47. The number of nitrogens with zero attached hydrogens (tertiary/aromatic N) is 3. The minimum absolute atomic E-state index is 0.326. The molecule has 1 aromatic rings. The van der Waals surface area contributed by atoms with Gasteiger partial charge >= 0.3 is 0 Å². The molecule has 4 nitrogen and oxygen atoms in total. The van der Waals surface area contributed by atoms with Crippen LogP contribution in [0.3, 0.4) is 0 Å². The average Bonchev–Trinajstić information content (AvgIpc) is 2.46. The smallest absolute Gasteiger partial charge is 0.225 e. The number of rotatable bonds is 5. The lowest BCUT2D eigenvalue weighted by Crippen LogP contribution is -2.36. The Balaban J connectivity index is 1.85. The van der Waals surface area contributed by atoms with Crippen molar-refractivity contribution in [3.8, 4) is 0 Å². The Morgan fingerprint density at radius 2 is 1.89 bits per heavy atom. The Kier molecular flexibility index (Phi) is 5.58. The summed E-state index contributed by atoms with van der Waals surface area (Å²) in [6.07, 6.45) is 10.6. The number of aliphatic hydroxyl groups excluding tert-OH is 1. The molecule has 0 aromatic carbocycles. The number of hydrogen-bond acceptors (Lipinski definition) is 4. The van der Waals surface area contributed by atoms with Gasteiger partial charge in [-0.25, -0.2) is 9.97 Å². The van der Waals surface area contributed by atoms with Crippen LogP contribution in [0.25, 0.3) is 0 Å². The monoisotopic (exact) mass is 327 g/mol. The highest BCUT2D eigenvalue weighted by Gasteiger charge is 2.24. The fraction of sp³-hybridized carbons (Fsp3) is 0.714. The number of aliphatic hydroxyl groups is 1. The first-order valence-corrected chi connectivity index (χ1v) is 7.81. The highest BCUT2D eigenvalue weighted by Crippen LogP contribution is 2.31. The molecule has 0 aliphatic heterocycles. The van der Waals surface area contributed by atoms with E-state index in [1.807, 2.05) is 0 Å². The molecule has 0 radical (unpaired) electrons. The second kappa shape index (κ2) is 7.20. The van der Waals surface area contributed by atoms with Gasteiger partial charge in [0.15, 0.2) is 0 Å². The van der Waals surface area contributed by atoms with Gasteiger partial charge in [-0.2, -0.15) is 0 Å². The van der Waals surface area contributed by atoms with Crippen LogP contribution in [-0.2, 0) is 0 Å². The van der Waals surface area contributed by atoms with Crippen LogP contribution in [0.4, 0.5) is 5.95 Å². The lowest BCUT2D eigenvalue weighted by Gasteiger charge is -2.34.